The van der Waals surface area contributed by atoms with Crippen LogP contribution in [0.2, 0.25) is 0 Å². The number of allylic oxidation sites excluding steroid dienone is 4. The number of hydrogen-bond donors (Lipinski definition) is 0. The van der Waals surface area contributed by atoms with Crippen molar-refractivity contribution in [2.24, 2.45) is 0 Å². The molecule has 0 fully saturated rings. The fraction of sp³-hybridized carbons (Fsp3) is 0.0750. The Bertz CT molecular complexity index is 2130. The third-order valence-corrected chi connectivity index (χ3v) is 8.53. The van der Waals surface area contributed by atoms with Gasteiger partial charge in [-0.1, -0.05) is 133 Å². The van der Waals surface area contributed by atoms with Gasteiger partial charge in [0, 0.05) is 39.1 Å². The minimum Gasteiger partial charge on any atom is -0.236 e. The van der Waals surface area contributed by atoms with Gasteiger partial charge in [-0.25, -0.2) is 14.5 Å². The number of fused-ring (bicyclic) bond motifs is 3. The van der Waals surface area contributed by atoms with Gasteiger partial charge in [0.05, 0.1) is 28.3 Å². The van der Waals surface area contributed by atoms with Crippen molar-refractivity contribution in [2.45, 2.75) is 19.3 Å². The third kappa shape index (κ3) is 4.61. The predicted molar refractivity (Wildman–Crippen MR) is 180 cm³/mol. The fourth-order valence-electron chi connectivity index (χ4n) is 6.26. The van der Waals surface area contributed by atoms with Crippen LogP contribution in [-0.2, 0) is 0 Å². The van der Waals surface area contributed by atoms with Crippen molar-refractivity contribution >= 4 is 16.3 Å². The van der Waals surface area contributed by atoms with Gasteiger partial charge < -0.3 is 0 Å². The first-order chi connectivity index (χ1) is 21.7. The first kappa shape index (κ1) is 26.1. The van der Waals surface area contributed by atoms with Crippen molar-refractivity contribution in [2.75, 3.05) is 0 Å². The molecule has 4 heteroatoms. The number of aromatic nitrogens is 4. The molecule has 1 unspecified atom stereocenters. The molecule has 210 valence electrons. The van der Waals surface area contributed by atoms with Crippen molar-refractivity contribution in [3.63, 3.8) is 0 Å². The molecule has 0 saturated carbocycles. The maximum absolute atomic E-state index is 5.25. The highest BCUT2D eigenvalue weighted by atomic mass is 15.2. The molecule has 1 aliphatic carbocycles. The van der Waals surface area contributed by atoms with Crippen LogP contribution in [0.4, 0.5) is 0 Å². The third-order valence-electron chi connectivity index (χ3n) is 8.53. The van der Waals surface area contributed by atoms with Crippen LogP contribution in [0.3, 0.4) is 0 Å². The summed E-state index contributed by atoms with van der Waals surface area (Å²) in [5.41, 5.74) is 10.6. The van der Waals surface area contributed by atoms with Gasteiger partial charge in [-0.3, -0.25) is 0 Å². The molecule has 0 spiro atoms. The summed E-state index contributed by atoms with van der Waals surface area (Å²) >= 11 is 0. The second kappa shape index (κ2) is 10.9. The van der Waals surface area contributed by atoms with Gasteiger partial charge in [0.15, 0.2) is 5.82 Å². The maximum Gasteiger partial charge on any atom is 0.160 e. The van der Waals surface area contributed by atoms with E-state index in [4.69, 9.17) is 15.1 Å². The zero-order valence-electron chi connectivity index (χ0n) is 24.4. The summed E-state index contributed by atoms with van der Waals surface area (Å²) in [7, 11) is 0. The molecule has 4 nitrogen and oxygen atoms in total. The van der Waals surface area contributed by atoms with Crippen molar-refractivity contribution in [1.29, 1.82) is 0 Å². The van der Waals surface area contributed by atoms with Gasteiger partial charge in [-0.2, -0.15) is 5.10 Å². The molecule has 1 atom stereocenters. The van der Waals surface area contributed by atoms with E-state index in [1.54, 1.807) is 0 Å². The largest absolute Gasteiger partial charge is 0.236 e. The number of rotatable bonds is 5. The minimum atomic E-state index is 0.289. The summed E-state index contributed by atoms with van der Waals surface area (Å²) in [4.78, 5) is 9.95. The second-order valence-corrected chi connectivity index (χ2v) is 11.3. The van der Waals surface area contributed by atoms with E-state index in [1.807, 2.05) is 36.4 Å². The molecule has 0 amide bonds. The van der Waals surface area contributed by atoms with E-state index in [9.17, 15) is 0 Å². The van der Waals surface area contributed by atoms with Crippen LogP contribution >= 0.6 is 0 Å². The highest BCUT2D eigenvalue weighted by molar-refractivity contribution is 5.99. The van der Waals surface area contributed by atoms with E-state index >= 15 is 0 Å². The predicted octanol–water partition coefficient (Wildman–Crippen LogP) is 9.85. The fourth-order valence-corrected chi connectivity index (χ4v) is 6.26. The number of aryl methyl sites for hydroxylation is 1. The van der Waals surface area contributed by atoms with Crippen LogP contribution in [0.25, 0.3) is 61.4 Å². The summed E-state index contributed by atoms with van der Waals surface area (Å²) < 4.78 is 2.18. The molecule has 0 bridgehead atoms. The molecule has 0 radical (unpaired) electrons. The summed E-state index contributed by atoms with van der Waals surface area (Å²) in [5, 5.41) is 7.72. The number of pyridine rings is 1. The summed E-state index contributed by atoms with van der Waals surface area (Å²) in [5.74, 6) is 1.00. The quantitative estimate of drug-likeness (QED) is 0.208. The van der Waals surface area contributed by atoms with Gasteiger partial charge in [-0.15, -0.1) is 0 Å². The Balaban J connectivity index is 1.24. The van der Waals surface area contributed by atoms with Crippen molar-refractivity contribution in [1.82, 2.24) is 19.6 Å². The van der Waals surface area contributed by atoms with Crippen LogP contribution in [0.5, 0.6) is 0 Å². The number of hydrogen-bond acceptors (Lipinski definition) is 3. The molecule has 7 aromatic rings. The lowest BCUT2D eigenvalue weighted by Gasteiger charge is -2.16. The Hall–Kier alpha value is -5.61. The van der Waals surface area contributed by atoms with E-state index in [0.29, 0.717) is 5.82 Å². The molecule has 1 aliphatic rings. The zero-order chi connectivity index (χ0) is 29.5. The molecule has 0 aliphatic heterocycles. The molecule has 0 saturated heterocycles. The standard InChI is InChI=1S/C40H30N4/c1-27-38(43-44-37(30-15-7-3-8-16-30)25-33-19-11-12-20-34(33)39(27)44)31-23-21-29(22-24-31)36-26-35(28-13-5-2-6-14-28)41-40(42-36)32-17-9-4-10-18-32/h2-15,17-26,30H,16H2,1H3. The van der Waals surface area contributed by atoms with Crippen LogP contribution < -0.4 is 0 Å². The minimum absolute atomic E-state index is 0.289. The van der Waals surface area contributed by atoms with E-state index < -0.39 is 0 Å². The van der Waals surface area contributed by atoms with Crippen molar-refractivity contribution in [3.8, 4) is 45.2 Å². The molecular weight excluding hydrogens is 536 g/mol. The Morgan fingerprint density at radius 1 is 0.636 bits per heavy atom. The first-order valence-electron chi connectivity index (χ1n) is 15.1. The Kier molecular flexibility index (Phi) is 6.45. The Labute approximate surface area is 256 Å². The van der Waals surface area contributed by atoms with Gasteiger partial charge in [0.25, 0.3) is 0 Å². The smallest absolute Gasteiger partial charge is 0.160 e. The van der Waals surface area contributed by atoms with Crippen LogP contribution in [-0.4, -0.2) is 19.6 Å². The van der Waals surface area contributed by atoms with E-state index in [0.717, 1.165) is 45.8 Å². The lowest BCUT2D eigenvalue weighted by molar-refractivity contribution is 0.761. The highest BCUT2D eigenvalue weighted by Crippen LogP contribution is 2.36. The summed E-state index contributed by atoms with van der Waals surface area (Å²) in [6, 6.07) is 42.1. The average Bonchev–Trinajstić information content (AvgIpc) is 3.46. The van der Waals surface area contributed by atoms with E-state index in [-0.39, 0.29) is 5.92 Å². The average molecular weight is 567 g/mol. The van der Waals surface area contributed by atoms with Gasteiger partial charge in [0.2, 0.25) is 0 Å². The second-order valence-electron chi connectivity index (χ2n) is 11.3. The van der Waals surface area contributed by atoms with Gasteiger partial charge >= 0.3 is 0 Å². The van der Waals surface area contributed by atoms with E-state index in [2.05, 4.69) is 121 Å². The zero-order valence-corrected chi connectivity index (χ0v) is 24.4. The maximum atomic E-state index is 5.25. The molecule has 8 rings (SSSR count). The molecule has 0 N–H and O–H groups in total. The highest BCUT2D eigenvalue weighted by Gasteiger charge is 2.20. The van der Waals surface area contributed by atoms with Gasteiger partial charge in [-0.05, 0) is 30.9 Å². The SMILES string of the molecule is Cc1c(-c2ccc(-c3cc(-c4ccccc4)nc(-c4ccccc4)n3)cc2)nn2c(C3C=CC=CC3)cc3ccccc3c12. The molecule has 3 aromatic heterocycles. The first-order valence-corrected chi connectivity index (χ1v) is 15.1. The number of nitrogens with zero attached hydrogens (tertiary/aromatic N) is 4. The lowest BCUT2D eigenvalue weighted by Crippen LogP contribution is -2.05. The van der Waals surface area contributed by atoms with Crippen LogP contribution in [0.1, 0.15) is 23.6 Å². The van der Waals surface area contributed by atoms with Crippen molar-refractivity contribution in [3.05, 3.63) is 157 Å². The summed E-state index contributed by atoms with van der Waals surface area (Å²) in [6.45, 7) is 2.20. The van der Waals surface area contributed by atoms with Crippen molar-refractivity contribution < 1.29 is 0 Å². The van der Waals surface area contributed by atoms with Crippen LogP contribution in [0.15, 0.2) is 146 Å². The Morgan fingerprint density at radius 2 is 1.27 bits per heavy atom. The van der Waals surface area contributed by atoms with Crippen LogP contribution in [0, 0.1) is 6.92 Å². The van der Waals surface area contributed by atoms with E-state index in [1.165, 1.54) is 27.5 Å². The molecule has 44 heavy (non-hydrogen) atoms. The molecule has 4 aromatic carbocycles. The molecular formula is C40H30N4. The Morgan fingerprint density at radius 3 is 1.98 bits per heavy atom. The monoisotopic (exact) mass is 566 g/mol. The summed E-state index contributed by atoms with van der Waals surface area (Å²) in [6.07, 6.45) is 9.76. The van der Waals surface area contributed by atoms with Gasteiger partial charge in [0.1, 0.15) is 0 Å². The molecule has 3 heterocycles. The number of benzene rings is 4. The normalized spacial score (nSPS) is 14.4. The lowest BCUT2D eigenvalue weighted by atomic mass is 9.94. The topological polar surface area (TPSA) is 43.1 Å².